The molecule has 1 saturated heterocycles. The number of halogens is 1. The maximum Gasteiger partial charge on any atom is 0.133 e. The van der Waals surface area contributed by atoms with Gasteiger partial charge in [-0.05, 0) is 56.7 Å². The van der Waals surface area contributed by atoms with Crippen molar-refractivity contribution in [1.82, 2.24) is 9.78 Å². The number of ether oxygens (including phenoxy) is 1. The number of hydrogen-bond donors (Lipinski definition) is 1. The van der Waals surface area contributed by atoms with E-state index in [2.05, 4.69) is 11.4 Å². The second-order valence-electron chi connectivity index (χ2n) is 6.44. The van der Waals surface area contributed by atoms with Crippen LogP contribution in [0.25, 0.3) is 5.69 Å². The molecule has 23 heavy (non-hydrogen) atoms. The molecule has 3 heterocycles. The SMILES string of the molecule is Cc1ccc(-n2nc(C3CCCO3)c3c2NCCCC3)cc1Cl. The Morgan fingerprint density at radius 3 is 3.00 bits per heavy atom. The summed E-state index contributed by atoms with van der Waals surface area (Å²) in [6.45, 7) is 3.85. The molecule has 5 heteroatoms. The number of rotatable bonds is 2. The number of aryl methyl sites for hydroxylation is 1. The third-order valence-electron chi connectivity index (χ3n) is 4.80. The maximum atomic E-state index is 6.33. The van der Waals surface area contributed by atoms with Crippen LogP contribution in [0, 0.1) is 6.92 Å². The highest BCUT2D eigenvalue weighted by atomic mass is 35.5. The first-order valence-electron chi connectivity index (χ1n) is 8.48. The molecule has 4 rings (SSSR count). The standard InChI is InChI=1S/C18H22ClN3O/c1-12-7-8-13(11-15(12)19)22-18-14(5-2-3-9-20-18)17(21-22)16-6-4-10-23-16/h7-8,11,16,20H,2-6,9-10H2,1H3. The summed E-state index contributed by atoms with van der Waals surface area (Å²) >= 11 is 6.33. The molecule has 2 aromatic rings. The van der Waals surface area contributed by atoms with Gasteiger partial charge in [-0.3, -0.25) is 0 Å². The Balaban J connectivity index is 1.83. The first-order chi connectivity index (χ1) is 11.2. The number of nitrogens with zero attached hydrogens (tertiary/aromatic N) is 2. The van der Waals surface area contributed by atoms with Crippen LogP contribution in [0.4, 0.5) is 5.82 Å². The Bertz CT molecular complexity index is 719. The van der Waals surface area contributed by atoms with Gasteiger partial charge in [0.05, 0.1) is 11.4 Å². The van der Waals surface area contributed by atoms with Crippen LogP contribution in [-0.2, 0) is 11.2 Å². The van der Waals surface area contributed by atoms with Crippen molar-refractivity contribution in [3.8, 4) is 5.69 Å². The van der Waals surface area contributed by atoms with Gasteiger partial charge in [-0.1, -0.05) is 17.7 Å². The number of nitrogens with one attached hydrogen (secondary N) is 1. The van der Waals surface area contributed by atoms with Gasteiger partial charge in [0.25, 0.3) is 0 Å². The van der Waals surface area contributed by atoms with Crippen LogP contribution in [0.15, 0.2) is 18.2 Å². The van der Waals surface area contributed by atoms with E-state index in [4.69, 9.17) is 21.4 Å². The molecule has 4 nitrogen and oxygen atoms in total. The lowest BCUT2D eigenvalue weighted by Crippen LogP contribution is -2.07. The van der Waals surface area contributed by atoms with E-state index in [0.29, 0.717) is 0 Å². The molecule has 122 valence electrons. The molecule has 2 aliphatic rings. The fourth-order valence-corrected chi connectivity index (χ4v) is 3.66. The van der Waals surface area contributed by atoms with Crippen molar-refractivity contribution in [3.63, 3.8) is 0 Å². The minimum Gasteiger partial charge on any atom is -0.372 e. The predicted octanol–water partition coefficient (Wildman–Crippen LogP) is 4.43. The van der Waals surface area contributed by atoms with E-state index >= 15 is 0 Å². The molecule has 1 aromatic heterocycles. The average Bonchev–Trinajstić information content (AvgIpc) is 3.12. The van der Waals surface area contributed by atoms with Crippen LogP contribution < -0.4 is 5.32 Å². The third kappa shape index (κ3) is 2.74. The van der Waals surface area contributed by atoms with Crippen molar-refractivity contribution in [2.24, 2.45) is 0 Å². The van der Waals surface area contributed by atoms with Gasteiger partial charge < -0.3 is 10.1 Å². The number of hydrogen-bond acceptors (Lipinski definition) is 3. The van der Waals surface area contributed by atoms with Gasteiger partial charge in [0, 0.05) is 23.7 Å². The van der Waals surface area contributed by atoms with Crippen LogP contribution in [0.5, 0.6) is 0 Å². The average molecular weight is 332 g/mol. The predicted molar refractivity (Wildman–Crippen MR) is 92.7 cm³/mol. The molecule has 1 N–H and O–H groups in total. The molecule has 0 aliphatic carbocycles. The summed E-state index contributed by atoms with van der Waals surface area (Å²) in [4.78, 5) is 0. The topological polar surface area (TPSA) is 39.1 Å². The summed E-state index contributed by atoms with van der Waals surface area (Å²) in [5.41, 5.74) is 4.53. The highest BCUT2D eigenvalue weighted by Gasteiger charge is 2.28. The van der Waals surface area contributed by atoms with Gasteiger partial charge in [-0.2, -0.15) is 5.10 Å². The molecule has 0 spiro atoms. The summed E-state index contributed by atoms with van der Waals surface area (Å²) < 4.78 is 7.93. The summed E-state index contributed by atoms with van der Waals surface area (Å²) in [7, 11) is 0. The number of benzene rings is 1. The van der Waals surface area contributed by atoms with Gasteiger partial charge in [0.1, 0.15) is 11.9 Å². The van der Waals surface area contributed by atoms with E-state index < -0.39 is 0 Å². The Morgan fingerprint density at radius 2 is 2.22 bits per heavy atom. The molecular formula is C18H22ClN3O. The van der Waals surface area contributed by atoms with E-state index in [0.717, 1.165) is 60.2 Å². The largest absolute Gasteiger partial charge is 0.372 e. The zero-order valence-corrected chi connectivity index (χ0v) is 14.2. The third-order valence-corrected chi connectivity index (χ3v) is 5.20. The lowest BCUT2D eigenvalue weighted by atomic mass is 10.0. The maximum absolute atomic E-state index is 6.33. The van der Waals surface area contributed by atoms with E-state index in [1.54, 1.807) is 0 Å². The Labute approximate surface area is 141 Å². The van der Waals surface area contributed by atoms with Crippen molar-refractivity contribution >= 4 is 17.4 Å². The van der Waals surface area contributed by atoms with Crippen LogP contribution in [0.3, 0.4) is 0 Å². The summed E-state index contributed by atoms with van der Waals surface area (Å²) in [5, 5.41) is 9.28. The van der Waals surface area contributed by atoms with E-state index in [1.807, 2.05) is 23.7 Å². The summed E-state index contributed by atoms with van der Waals surface area (Å²) in [5.74, 6) is 1.12. The smallest absolute Gasteiger partial charge is 0.133 e. The van der Waals surface area contributed by atoms with Gasteiger partial charge in [-0.15, -0.1) is 0 Å². The van der Waals surface area contributed by atoms with Crippen molar-refractivity contribution in [3.05, 3.63) is 40.0 Å². The molecule has 1 aromatic carbocycles. The van der Waals surface area contributed by atoms with Crippen molar-refractivity contribution in [2.75, 3.05) is 18.5 Å². The first-order valence-corrected chi connectivity index (χ1v) is 8.85. The van der Waals surface area contributed by atoms with E-state index in [-0.39, 0.29) is 6.10 Å². The van der Waals surface area contributed by atoms with Crippen molar-refractivity contribution < 1.29 is 4.74 Å². The Morgan fingerprint density at radius 1 is 1.30 bits per heavy atom. The molecule has 0 saturated carbocycles. The van der Waals surface area contributed by atoms with E-state index in [1.165, 1.54) is 18.4 Å². The number of anilines is 1. The van der Waals surface area contributed by atoms with E-state index in [9.17, 15) is 0 Å². The van der Waals surface area contributed by atoms with Crippen LogP contribution in [-0.4, -0.2) is 22.9 Å². The zero-order valence-electron chi connectivity index (χ0n) is 13.4. The molecule has 2 aliphatic heterocycles. The van der Waals surface area contributed by atoms with Crippen molar-refractivity contribution in [1.29, 1.82) is 0 Å². The zero-order chi connectivity index (χ0) is 15.8. The van der Waals surface area contributed by atoms with Crippen LogP contribution in [0.2, 0.25) is 5.02 Å². The molecule has 0 radical (unpaired) electrons. The molecule has 0 bridgehead atoms. The molecular weight excluding hydrogens is 310 g/mol. The lowest BCUT2D eigenvalue weighted by molar-refractivity contribution is 0.107. The Hall–Kier alpha value is -1.52. The van der Waals surface area contributed by atoms with Gasteiger partial charge in [0.2, 0.25) is 0 Å². The van der Waals surface area contributed by atoms with Gasteiger partial charge in [0.15, 0.2) is 0 Å². The molecule has 1 fully saturated rings. The second kappa shape index (κ2) is 6.17. The number of aromatic nitrogens is 2. The van der Waals surface area contributed by atoms with Crippen molar-refractivity contribution in [2.45, 2.75) is 45.1 Å². The summed E-state index contributed by atoms with van der Waals surface area (Å²) in [6, 6.07) is 6.13. The lowest BCUT2D eigenvalue weighted by Gasteiger charge is -2.10. The van der Waals surface area contributed by atoms with Crippen LogP contribution >= 0.6 is 11.6 Å². The second-order valence-corrected chi connectivity index (χ2v) is 6.85. The highest BCUT2D eigenvalue weighted by molar-refractivity contribution is 6.31. The normalized spacial score (nSPS) is 20.9. The van der Waals surface area contributed by atoms with Gasteiger partial charge in [-0.25, -0.2) is 4.68 Å². The minimum absolute atomic E-state index is 0.144. The highest BCUT2D eigenvalue weighted by Crippen LogP contribution is 2.36. The molecule has 1 unspecified atom stereocenters. The quantitative estimate of drug-likeness (QED) is 0.884. The monoisotopic (exact) mass is 331 g/mol. The fourth-order valence-electron chi connectivity index (χ4n) is 3.48. The van der Waals surface area contributed by atoms with Gasteiger partial charge >= 0.3 is 0 Å². The van der Waals surface area contributed by atoms with Crippen LogP contribution in [0.1, 0.15) is 48.6 Å². The summed E-state index contributed by atoms with van der Waals surface area (Å²) in [6.07, 6.45) is 5.78. The minimum atomic E-state index is 0.144. The first kappa shape index (κ1) is 15.0. The fraction of sp³-hybridized carbons (Fsp3) is 0.500. The Kier molecular flexibility index (Phi) is 4.04. The molecule has 0 amide bonds. The molecule has 1 atom stereocenters. The number of fused-ring (bicyclic) bond motifs is 1.